The van der Waals surface area contributed by atoms with Gasteiger partial charge in [0.25, 0.3) is 0 Å². The second kappa shape index (κ2) is 8.93. The summed E-state index contributed by atoms with van der Waals surface area (Å²) in [4.78, 5) is 11.0. The van der Waals surface area contributed by atoms with Gasteiger partial charge >= 0.3 is 5.97 Å². The highest BCUT2D eigenvalue weighted by molar-refractivity contribution is 5.91. The van der Waals surface area contributed by atoms with E-state index in [1.54, 1.807) is 12.1 Å². The average Bonchev–Trinajstić information content (AvgIpc) is 2.46. The van der Waals surface area contributed by atoms with Crippen LogP contribution >= 0.6 is 0 Å². The lowest BCUT2D eigenvalue weighted by atomic mass is 10.1. The van der Waals surface area contributed by atoms with Crippen LogP contribution in [-0.2, 0) is 0 Å². The highest BCUT2D eigenvalue weighted by atomic mass is 16.5. The molecule has 0 spiro atoms. The van der Waals surface area contributed by atoms with Crippen LogP contribution in [0.1, 0.15) is 44.0 Å². The summed E-state index contributed by atoms with van der Waals surface area (Å²) in [6, 6.07) is 4.72. The van der Waals surface area contributed by atoms with Gasteiger partial charge in [-0.05, 0) is 51.8 Å². The number of ether oxygens (including phenoxy) is 2. The van der Waals surface area contributed by atoms with Crippen molar-refractivity contribution in [2.45, 2.75) is 33.6 Å². The van der Waals surface area contributed by atoms with Crippen molar-refractivity contribution in [3.05, 3.63) is 47.1 Å². The first-order chi connectivity index (χ1) is 10.4. The summed E-state index contributed by atoms with van der Waals surface area (Å²) in [6.07, 6.45) is 6.30. The van der Waals surface area contributed by atoms with Crippen LogP contribution in [0.25, 0.3) is 0 Å². The number of aromatic carboxylic acids is 1. The maximum Gasteiger partial charge on any atom is 0.339 e. The molecule has 0 unspecified atom stereocenters. The van der Waals surface area contributed by atoms with Gasteiger partial charge in [0.1, 0.15) is 23.7 Å². The minimum atomic E-state index is -1.02. The molecule has 0 saturated heterocycles. The Kier molecular flexibility index (Phi) is 7.23. The molecule has 0 saturated carbocycles. The Morgan fingerprint density at radius 3 is 2.55 bits per heavy atom. The van der Waals surface area contributed by atoms with Crippen molar-refractivity contribution in [3.63, 3.8) is 0 Å². The van der Waals surface area contributed by atoms with E-state index in [1.807, 2.05) is 6.08 Å². The number of allylic oxidation sites excluding steroid dienone is 3. The van der Waals surface area contributed by atoms with Crippen molar-refractivity contribution in [2.75, 3.05) is 13.7 Å². The van der Waals surface area contributed by atoms with Crippen LogP contribution in [0.15, 0.2) is 41.5 Å². The van der Waals surface area contributed by atoms with Crippen LogP contribution < -0.4 is 9.47 Å². The van der Waals surface area contributed by atoms with Gasteiger partial charge in [0.2, 0.25) is 0 Å². The van der Waals surface area contributed by atoms with E-state index in [2.05, 4.69) is 26.8 Å². The molecule has 0 fully saturated rings. The Bertz CT molecular complexity index is 566. The predicted molar refractivity (Wildman–Crippen MR) is 87.9 cm³/mol. The Morgan fingerprint density at radius 1 is 1.23 bits per heavy atom. The highest BCUT2D eigenvalue weighted by Gasteiger charge is 2.11. The molecule has 1 aromatic carbocycles. The molecule has 0 aliphatic carbocycles. The minimum absolute atomic E-state index is 0.128. The van der Waals surface area contributed by atoms with Crippen LogP contribution in [-0.4, -0.2) is 24.8 Å². The molecule has 0 heterocycles. The topological polar surface area (TPSA) is 55.8 Å². The van der Waals surface area contributed by atoms with Crippen molar-refractivity contribution in [2.24, 2.45) is 0 Å². The maximum absolute atomic E-state index is 11.0. The molecular formula is C18H24O4. The number of carboxylic acid groups (broad SMARTS) is 1. The lowest BCUT2D eigenvalue weighted by Crippen LogP contribution is -2.01. The van der Waals surface area contributed by atoms with E-state index in [-0.39, 0.29) is 5.56 Å². The predicted octanol–water partition coefficient (Wildman–Crippen LogP) is 4.46. The zero-order valence-electron chi connectivity index (χ0n) is 13.7. The number of rotatable bonds is 8. The summed E-state index contributed by atoms with van der Waals surface area (Å²) < 4.78 is 10.7. The molecule has 0 atom stereocenters. The number of methoxy groups -OCH3 is 1. The number of carbonyl (C=O) groups is 1. The summed E-state index contributed by atoms with van der Waals surface area (Å²) in [6.45, 7) is 6.72. The Hall–Kier alpha value is -2.23. The van der Waals surface area contributed by atoms with Gasteiger partial charge in [0.15, 0.2) is 0 Å². The third-order valence-electron chi connectivity index (χ3n) is 3.18. The van der Waals surface area contributed by atoms with E-state index in [1.165, 1.54) is 24.3 Å². The molecule has 4 heteroatoms. The van der Waals surface area contributed by atoms with Crippen LogP contribution in [0.2, 0.25) is 0 Å². The first-order valence-electron chi connectivity index (χ1n) is 7.27. The van der Waals surface area contributed by atoms with Crippen LogP contribution in [0, 0.1) is 0 Å². The second-order valence-corrected chi connectivity index (χ2v) is 5.35. The van der Waals surface area contributed by atoms with Crippen LogP contribution in [0.5, 0.6) is 11.5 Å². The van der Waals surface area contributed by atoms with Crippen molar-refractivity contribution < 1.29 is 19.4 Å². The van der Waals surface area contributed by atoms with E-state index >= 15 is 0 Å². The largest absolute Gasteiger partial charge is 0.496 e. The molecular weight excluding hydrogens is 280 g/mol. The summed E-state index contributed by atoms with van der Waals surface area (Å²) in [5.74, 6) is -0.122. The molecule has 0 aliphatic rings. The van der Waals surface area contributed by atoms with E-state index in [4.69, 9.17) is 14.6 Å². The molecule has 0 radical (unpaired) electrons. The summed E-state index contributed by atoms with van der Waals surface area (Å²) >= 11 is 0. The van der Waals surface area contributed by atoms with Gasteiger partial charge in [-0.15, -0.1) is 0 Å². The fourth-order valence-corrected chi connectivity index (χ4v) is 1.91. The quantitative estimate of drug-likeness (QED) is 0.720. The zero-order chi connectivity index (χ0) is 16.5. The Balaban J connectivity index is 2.57. The van der Waals surface area contributed by atoms with E-state index in [0.717, 1.165) is 12.8 Å². The SMILES string of the molecule is COc1cc(OC/C=C(\C)CCC=C(C)C)ccc1C(=O)O. The summed E-state index contributed by atoms with van der Waals surface area (Å²) in [7, 11) is 1.44. The third-order valence-corrected chi connectivity index (χ3v) is 3.18. The van der Waals surface area contributed by atoms with Gasteiger partial charge in [-0.3, -0.25) is 0 Å². The van der Waals surface area contributed by atoms with E-state index in [9.17, 15) is 4.79 Å². The van der Waals surface area contributed by atoms with Gasteiger partial charge in [0.05, 0.1) is 7.11 Å². The van der Waals surface area contributed by atoms with E-state index in [0.29, 0.717) is 18.1 Å². The van der Waals surface area contributed by atoms with Gasteiger partial charge in [-0.2, -0.15) is 0 Å². The lowest BCUT2D eigenvalue weighted by Gasteiger charge is -2.09. The number of hydrogen-bond acceptors (Lipinski definition) is 3. The first-order valence-corrected chi connectivity index (χ1v) is 7.27. The molecule has 1 aromatic rings. The number of benzene rings is 1. The van der Waals surface area contributed by atoms with Gasteiger partial charge in [-0.25, -0.2) is 4.79 Å². The highest BCUT2D eigenvalue weighted by Crippen LogP contribution is 2.24. The van der Waals surface area contributed by atoms with Crippen molar-refractivity contribution >= 4 is 5.97 Å². The average molecular weight is 304 g/mol. The Morgan fingerprint density at radius 2 is 1.95 bits per heavy atom. The normalized spacial score (nSPS) is 11.0. The molecule has 1 N–H and O–H groups in total. The molecule has 22 heavy (non-hydrogen) atoms. The van der Waals surface area contributed by atoms with Crippen molar-refractivity contribution in [1.82, 2.24) is 0 Å². The minimum Gasteiger partial charge on any atom is -0.496 e. The van der Waals surface area contributed by atoms with E-state index < -0.39 is 5.97 Å². The smallest absolute Gasteiger partial charge is 0.339 e. The number of carboxylic acids is 1. The van der Waals surface area contributed by atoms with Gasteiger partial charge in [-0.1, -0.05) is 17.2 Å². The van der Waals surface area contributed by atoms with Crippen molar-refractivity contribution in [1.29, 1.82) is 0 Å². The molecule has 1 rings (SSSR count). The molecule has 0 aromatic heterocycles. The fraction of sp³-hybridized carbons (Fsp3) is 0.389. The summed E-state index contributed by atoms with van der Waals surface area (Å²) in [5, 5.41) is 9.02. The maximum atomic E-state index is 11.0. The monoisotopic (exact) mass is 304 g/mol. The van der Waals surface area contributed by atoms with Gasteiger partial charge < -0.3 is 14.6 Å². The van der Waals surface area contributed by atoms with Crippen molar-refractivity contribution in [3.8, 4) is 11.5 Å². The Labute approximate surface area is 132 Å². The zero-order valence-corrected chi connectivity index (χ0v) is 13.7. The molecule has 0 amide bonds. The molecule has 4 nitrogen and oxygen atoms in total. The number of hydrogen-bond donors (Lipinski definition) is 1. The first kappa shape index (κ1) is 17.8. The molecule has 120 valence electrons. The lowest BCUT2D eigenvalue weighted by molar-refractivity contribution is 0.0693. The standard InChI is InChI=1S/C18H24O4/c1-13(2)6-5-7-14(3)10-11-22-15-8-9-16(18(19)20)17(12-15)21-4/h6,8-10,12H,5,7,11H2,1-4H3,(H,19,20)/b14-10+. The van der Waals surface area contributed by atoms with Crippen LogP contribution in [0.4, 0.5) is 0 Å². The molecule has 0 aliphatic heterocycles. The summed E-state index contributed by atoms with van der Waals surface area (Å²) in [5.41, 5.74) is 2.73. The van der Waals surface area contributed by atoms with Crippen LogP contribution in [0.3, 0.4) is 0 Å². The van der Waals surface area contributed by atoms with Gasteiger partial charge in [0, 0.05) is 6.07 Å². The molecule has 0 bridgehead atoms. The second-order valence-electron chi connectivity index (χ2n) is 5.35. The third kappa shape index (κ3) is 6.04. The fourth-order valence-electron chi connectivity index (χ4n) is 1.91.